The second kappa shape index (κ2) is 3.13. The van der Waals surface area contributed by atoms with E-state index in [1.54, 1.807) is 24.1 Å². The zero-order chi connectivity index (χ0) is 10.1. The van der Waals surface area contributed by atoms with Gasteiger partial charge in [-0.25, -0.2) is 0 Å². The van der Waals surface area contributed by atoms with Crippen molar-refractivity contribution in [3.05, 3.63) is 12.4 Å². The smallest absolute Gasteiger partial charge is 0.249 e. The molecule has 1 aromatic heterocycles. The maximum atomic E-state index is 11.2. The summed E-state index contributed by atoms with van der Waals surface area (Å²) in [6.45, 7) is 0. The van der Waals surface area contributed by atoms with Crippen LogP contribution < -0.4 is 10.6 Å². The SMILES string of the molecule is Cn1cc(N[C@H]2CC(=O)NC2=O)cn1. The number of carbonyl (C=O) groups is 2. The molecule has 2 amide bonds. The maximum Gasteiger partial charge on any atom is 0.249 e. The zero-order valence-electron chi connectivity index (χ0n) is 7.65. The van der Waals surface area contributed by atoms with E-state index >= 15 is 0 Å². The molecule has 14 heavy (non-hydrogen) atoms. The van der Waals surface area contributed by atoms with Crippen LogP contribution in [-0.2, 0) is 16.6 Å². The minimum absolute atomic E-state index is 0.188. The molecule has 0 aromatic carbocycles. The summed E-state index contributed by atoms with van der Waals surface area (Å²) in [5, 5.41) is 9.09. The van der Waals surface area contributed by atoms with Crippen LogP contribution in [0.1, 0.15) is 6.42 Å². The highest BCUT2D eigenvalue weighted by atomic mass is 16.2. The molecule has 2 heterocycles. The van der Waals surface area contributed by atoms with Gasteiger partial charge in [-0.3, -0.25) is 19.6 Å². The summed E-state index contributed by atoms with van der Waals surface area (Å²) in [6, 6.07) is -0.466. The van der Waals surface area contributed by atoms with Gasteiger partial charge in [0.2, 0.25) is 11.8 Å². The van der Waals surface area contributed by atoms with Gasteiger partial charge in [-0.15, -0.1) is 0 Å². The van der Waals surface area contributed by atoms with Crippen molar-refractivity contribution in [2.75, 3.05) is 5.32 Å². The molecule has 0 spiro atoms. The summed E-state index contributed by atoms with van der Waals surface area (Å²) < 4.78 is 1.62. The van der Waals surface area contributed by atoms with Crippen molar-refractivity contribution in [3.8, 4) is 0 Å². The Hall–Kier alpha value is -1.85. The van der Waals surface area contributed by atoms with Crippen molar-refractivity contribution in [2.45, 2.75) is 12.5 Å². The highest BCUT2D eigenvalue weighted by Crippen LogP contribution is 2.11. The fourth-order valence-electron chi connectivity index (χ4n) is 1.37. The minimum Gasteiger partial charge on any atom is -0.371 e. The Labute approximate surface area is 80.3 Å². The molecule has 1 fully saturated rings. The molecule has 1 saturated heterocycles. The summed E-state index contributed by atoms with van der Waals surface area (Å²) in [5.41, 5.74) is 0.738. The van der Waals surface area contributed by atoms with E-state index in [1.165, 1.54) is 0 Å². The Kier molecular flexibility index (Phi) is 1.95. The fourth-order valence-corrected chi connectivity index (χ4v) is 1.37. The van der Waals surface area contributed by atoms with Crippen LogP contribution in [0.2, 0.25) is 0 Å². The number of hydrogen-bond acceptors (Lipinski definition) is 4. The highest BCUT2D eigenvalue weighted by molar-refractivity contribution is 6.06. The van der Waals surface area contributed by atoms with Gasteiger partial charge in [-0.05, 0) is 0 Å². The second-order valence-corrected chi connectivity index (χ2v) is 3.22. The first-order valence-corrected chi connectivity index (χ1v) is 4.24. The van der Waals surface area contributed by atoms with Gasteiger partial charge in [-0.2, -0.15) is 5.10 Å². The Balaban J connectivity index is 2.05. The number of aryl methyl sites for hydroxylation is 1. The molecule has 0 bridgehead atoms. The topological polar surface area (TPSA) is 76.0 Å². The summed E-state index contributed by atoms with van der Waals surface area (Å²) in [6.07, 6.45) is 3.54. The second-order valence-electron chi connectivity index (χ2n) is 3.22. The van der Waals surface area contributed by atoms with Gasteiger partial charge < -0.3 is 5.32 Å². The number of hydrogen-bond donors (Lipinski definition) is 2. The van der Waals surface area contributed by atoms with Crippen molar-refractivity contribution in [1.29, 1.82) is 0 Å². The Morgan fingerprint density at radius 3 is 2.93 bits per heavy atom. The van der Waals surface area contributed by atoms with Crippen molar-refractivity contribution < 1.29 is 9.59 Å². The van der Waals surface area contributed by atoms with Crippen molar-refractivity contribution >= 4 is 17.5 Å². The molecule has 1 aromatic rings. The lowest BCUT2D eigenvalue weighted by Gasteiger charge is -2.06. The number of imide groups is 1. The van der Waals surface area contributed by atoms with E-state index in [9.17, 15) is 9.59 Å². The third kappa shape index (κ3) is 1.59. The summed E-state index contributed by atoms with van der Waals surface area (Å²) >= 11 is 0. The van der Waals surface area contributed by atoms with E-state index in [2.05, 4.69) is 15.7 Å². The van der Waals surface area contributed by atoms with E-state index in [0.29, 0.717) is 0 Å². The predicted molar refractivity (Wildman–Crippen MR) is 48.4 cm³/mol. The maximum absolute atomic E-state index is 11.2. The van der Waals surface area contributed by atoms with Crippen molar-refractivity contribution in [3.63, 3.8) is 0 Å². The molecule has 2 rings (SSSR count). The first-order chi connectivity index (χ1) is 6.65. The molecule has 1 atom stereocenters. The van der Waals surface area contributed by atoms with E-state index in [0.717, 1.165) is 5.69 Å². The molecule has 0 saturated carbocycles. The molecule has 0 radical (unpaired) electrons. The molecule has 6 heteroatoms. The predicted octanol–water partition coefficient (Wildman–Crippen LogP) is -0.753. The molecule has 74 valence electrons. The number of carbonyl (C=O) groups excluding carboxylic acids is 2. The first-order valence-electron chi connectivity index (χ1n) is 4.24. The van der Waals surface area contributed by atoms with Crippen LogP contribution >= 0.6 is 0 Å². The highest BCUT2D eigenvalue weighted by Gasteiger charge is 2.30. The van der Waals surface area contributed by atoms with Crippen LogP contribution in [-0.4, -0.2) is 27.6 Å². The van der Waals surface area contributed by atoms with Crippen LogP contribution in [0.5, 0.6) is 0 Å². The van der Waals surface area contributed by atoms with Gasteiger partial charge in [0, 0.05) is 13.2 Å². The number of nitrogens with one attached hydrogen (secondary N) is 2. The normalized spacial score (nSPS) is 21.1. The van der Waals surface area contributed by atoms with Gasteiger partial charge in [0.15, 0.2) is 0 Å². The minimum atomic E-state index is -0.466. The summed E-state index contributed by atoms with van der Waals surface area (Å²) in [4.78, 5) is 22.0. The van der Waals surface area contributed by atoms with Crippen LogP contribution in [0.25, 0.3) is 0 Å². The van der Waals surface area contributed by atoms with E-state index in [4.69, 9.17) is 0 Å². The molecule has 1 aliphatic heterocycles. The zero-order valence-corrected chi connectivity index (χ0v) is 7.65. The molecule has 6 nitrogen and oxygen atoms in total. The number of aromatic nitrogens is 2. The fraction of sp³-hybridized carbons (Fsp3) is 0.375. The number of anilines is 1. The number of nitrogens with zero attached hydrogens (tertiary/aromatic N) is 2. The quantitative estimate of drug-likeness (QED) is 0.607. The molecule has 0 aliphatic carbocycles. The van der Waals surface area contributed by atoms with E-state index < -0.39 is 6.04 Å². The lowest BCUT2D eigenvalue weighted by molar-refractivity contribution is -0.124. The summed E-state index contributed by atoms with van der Waals surface area (Å²) in [7, 11) is 1.78. The largest absolute Gasteiger partial charge is 0.371 e. The molecular weight excluding hydrogens is 184 g/mol. The van der Waals surface area contributed by atoms with Gasteiger partial charge in [-0.1, -0.05) is 0 Å². The monoisotopic (exact) mass is 194 g/mol. The Morgan fingerprint density at radius 2 is 2.43 bits per heavy atom. The van der Waals surface area contributed by atoms with Crippen molar-refractivity contribution in [1.82, 2.24) is 15.1 Å². The van der Waals surface area contributed by atoms with Gasteiger partial charge >= 0.3 is 0 Å². The molecule has 2 N–H and O–H groups in total. The van der Waals surface area contributed by atoms with Gasteiger partial charge in [0.05, 0.1) is 18.3 Å². The van der Waals surface area contributed by atoms with Crippen LogP contribution in [0, 0.1) is 0 Å². The Morgan fingerprint density at radius 1 is 1.64 bits per heavy atom. The van der Waals surface area contributed by atoms with Crippen LogP contribution in [0.3, 0.4) is 0 Å². The van der Waals surface area contributed by atoms with Gasteiger partial charge in [0.1, 0.15) is 6.04 Å². The Bertz CT molecular complexity index is 384. The summed E-state index contributed by atoms with van der Waals surface area (Å²) in [5.74, 6) is -0.518. The molecule has 0 unspecified atom stereocenters. The van der Waals surface area contributed by atoms with Crippen LogP contribution in [0.15, 0.2) is 12.4 Å². The van der Waals surface area contributed by atoms with E-state index in [1.807, 2.05) is 0 Å². The third-order valence-electron chi connectivity index (χ3n) is 2.01. The third-order valence-corrected chi connectivity index (χ3v) is 2.01. The standard InChI is InChI=1S/C8H10N4O2/c1-12-4-5(3-9-12)10-6-2-7(13)11-8(6)14/h3-4,6,10H,2H2,1H3,(H,11,13,14)/t6-/m0/s1. The molecular formula is C8H10N4O2. The average Bonchev–Trinajstić information content (AvgIpc) is 2.61. The van der Waals surface area contributed by atoms with Crippen molar-refractivity contribution in [2.24, 2.45) is 7.05 Å². The first kappa shape index (κ1) is 8.74. The number of rotatable bonds is 2. The lowest BCUT2D eigenvalue weighted by atomic mass is 10.2. The molecule has 1 aliphatic rings. The number of amides is 2. The average molecular weight is 194 g/mol. The van der Waals surface area contributed by atoms with Crippen LogP contribution in [0.4, 0.5) is 5.69 Å². The van der Waals surface area contributed by atoms with Gasteiger partial charge in [0.25, 0.3) is 0 Å². The van der Waals surface area contributed by atoms with E-state index in [-0.39, 0.29) is 18.2 Å². The lowest BCUT2D eigenvalue weighted by Crippen LogP contribution is -2.29.